The number of esters is 2. The third-order valence-corrected chi connectivity index (χ3v) is 10.6. The minimum absolute atomic E-state index is 0.0559. The van der Waals surface area contributed by atoms with Gasteiger partial charge in [-0.3, -0.25) is 9.59 Å². The van der Waals surface area contributed by atoms with Crippen LogP contribution in [0.5, 0.6) is 0 Å². The minimum atomic E-state index is -0.560. The molecule has 5 nitrogen and oxygen atoms in total. The molecule has 0 saturated carbocycles. The highest BCUT2D eigenvalue weighted by molar-refractivity contribution is 5.70. The summed E-state index contributed by atoms with van der Waals surface area (Å²) in [5, 5.41) is 0. The maximum Gasteiger partial charge on any atom is 0.306 e. The van der Waals surface area contributed by atoms with Gasteiger partial charge in [0.25, 0.3) is 0 Å². The van der Waals surface area contributed by atoms with Crippen molar-refractivity contribution in [3.8, 4) is 0 Å². The lowest BCUT2D eigenvalue weighted by molar-refractivity contribution is -0.163. The first-order valence-corrected chi connectivity index (χ1v) is 21.1. The average Bonchev–Trinajstić information content (AvgIpc) is 2.99. The van der Waals surface area contributed by atoms with Crippen molar-refractivity contribution in [2.45, 2.75) is 204 Å². The van der Waals surface area contributed by atoms with Crippen molar-refractivity contribution >= 4 is 11.9 Å². The van der Waals surface area contributed by atoms with E-state index in [1.165, 1.54) is 89.9 Å². The Bertz CT molecular complexity index is 779. The molecule has 0 aromatic rings. The lowest BCUT2D eigenvalue weighted by Crippen LogP contribution is -2.30. The summed E-state index contributed by atoms with van der Waals surface area (Å²) in [6.45, 7) is 23.4. The summed E-state index contributed by atoms with van der Waals surface area (Å²) < 4.78 is 16.5. The summed E-state index contributed by atoms with van der Waals surface area (Å²) in [5.74, 6) is 4.92. The number of ether oxygens (including phenoxy) is 3. The van der Waals surface area contributed by atoms with E-state index in [1.54, 1.807) is 7.11 Å². The van der Waals surface area contributed by atoms with Crippen molar-refractivity contribution < 1.29 is 23.8 Å². The van der Waals surface area contributed by atoms with Crippen LogP contribution in [0, 0.1) is 47.3 Å². The van der Waals surface area contributed by atoms with Crippen LogP contribution >= 0.6 is 0 Å². The van der Waals surface area contributed by atoms with Crippen LogP contribution in [0.15, 0.2) is 0 Å². The highest BCUT2D eigenvalue weighted by Crippen LogP contribution is 2.24. The number of carbonyl (C=O) groups is 2. The standard InChI is InChI=1S/C44H86O5/c1-34(2)18-12-20-36(5)22-14-24-38(7)26-16-28-40(9)30-43(45)48-33-42(32-47-11)49-44(46)31-41(10)29-17-27-39(8)25-15-23-37(6)21-13-19-35(3)4/h34-42H,12-33H2,1-11H3. The first-order chi connectivity index (χ1) is 23.2. The van der Waals surface area contributed by atoms with Gasteiger partial charge in [0.1, 0.15) is 6.61 Å². The van der Waals surface area contributed by atoms with E-state index in [-0.39, 0.29) is 37.0 Å². The molecule has 0 heterocycles. The molecule has 0 rings (SSSR count). The quantitative estimate of drug-likeness (QED) is 0.0640. The molecule has 0 N–H and O–H groups in total. The van der Waals surface area contributed by atoms with Crippen molar-refractivity contribution in [3.05, 3.63) is 0 Å². The normalized spacial score (nSPS) is 16.3. The molecule has 0 aliphatic heterocycles. The molecule has 7 atom stereocenters. The molecular formula is C44H86O5. The van der Waals surface area contributed by atoms with Gasteiger partial charge in [-0.25, -0.2) is 0 Å². The van der Waals surface area contributed by atoms with Crippen LogP contribution in [0.25, 0.3) is 0 Å². The molecule has 5 heteroatoms. The fourth-order valence-corrected chi connectivity index (χ4v) is 7.14. The Hall–Kier alpha value is -1.10. The van der Waals surface area contributed by atoms with Crippen molar-refractivity contribution in [3.63, 3.8) is 0 Å². The van der Waals surface area contributed by atoms with E-state index in [2.05, 4.69) is 69.2 Å². The van der Waals surface area contributed by atoms with Gasteiger partial charge in [-0.1, -0.05) is 185 Å². The first kappa shape index (κ1) is 47.9. The molecule has 7 unspecified atom stereocenters. The predicted molar refractivity (Wildman–Crippen MR) is 210 cm³/mol. The van der Waals surface area contributed by atoms with Crippen LogP contribution in [-0.2, 0) is 23.8 Å². The molecule has 0 aromatic heterocycles. The van der Waals surface area contributed by atoms with Gasteiger partial charge in [0.15, 0.2) is 6.10 Å². The second-order valence-electron chi connectivity index (χ2n) is 17.7. The second-order valence-corrected chi connectivity index (χ2v) is 17.7. The fraction of sp³-hybridized carbons (Fsp3) is 0.955. The highest BCUT2D eigenvalue weighted by Gasteiger charge is 2.20. The molecule has 0 fully saturated rings. The Kier molecular flexibility index (Phi) is 29.8. The Labute approximate surface area is 306 Å². The summed E-state index contributed by atoms with van der Waals surface area (Å²) in [4.78, 5) is 25.3. The van der Waals surface area contributed by atoms with Crippen LogP contribution in [0.1, 0.15) is 198 Å². The Morgan fingerprint density at radius 3 is 1.04 bits per heavy atom. The van der Waals surface area contributed by atoms with Gasteiger partial charge in [-0.15, -0.1) is 0 Å². The van der Waals surface area contributed by atoms with Gasteiger partial charge in [-0.05, 0) is 47.3 Å². The summed E-state index contributed by atoms with van der Waals surface area (Å²) >= 11 is 0. The maximum atomic E-state index is 12.7. The number of hydrogen-bond donors (Lipinski definition) is 0. The summed E-state index contributed by atoms with van der Waals surface area (Å²) in [6, 6.07) is 0. The molecule has 0 amide bonds. The van der Waals surface area contributed by atoms with Gasteiger partial charge in [0.2, 0.25) is 0 Å². The topological polar surface area (TPSA) is 61.8 Å². The molecule has 0 aliphatic rings. The molecule has 0 aromatic carbocycles. The zero-order valence-corrected chi connectivity index (χ0v) is 34.8. The first-order valence-electron chi connectivity index (χ1n) is 21.1. The van der Waals surface area contributed by atoms with Gasteiger partial charge in [-0.2, -0.15) is 0 Å². The van der Waals surface area contributed by atoms with Gasteiger partial charge < -0.3 is 14.2 Å². The van der Waals surface area contributed by atoms with Crippen LogP contribution in [0.3, 0.4) is 0 Å². The number of rotatable bonds is 33. The monoisotopic (exact) mass is 695 g/mol. The van der Waals surface area contributed by atoms with E-state index in [1.807, 2.05) is 0 Å². The summed E-state index contributed by atoms with van der Waals surface area (Å²) in [6.07, 6.45) is 23.2. The minimum Gasteiger partial charge on any atom is -0.462 e. The molecule has 0 spiro atoms. The average molecular weight is 695 g/mol. The molecule has 0 bridgehead atoms. The fourth-order valence-electron chi connectivity index (χ4n) is 7.14. The van der Waals surface area contributed by atoms with Crippen molar-refractivity contribution in [2.24, 2.45) is 47.3 Å². The molecule has 49 heavy (non-hydrogen) atoms. The zero-order valence-electron chi connectivity index (χ0n) is 34.8. The molecule has 0 saturated heterocycles. The lowest BCUT2D eigenvalue weighted by atomic mass is 9.91. The van der Waals surface area contributed by atoms with Gasteiger partial charge in [0, 0.05) is 20.0 Å². The molecular weight excluding hydrogens is 608 g/mol. The van der Waals surface area contributed by atoms with Gasteiger partial charge >= 0.3 is 11.9 Å². The van der Waals surface area contributed by atoms with E-state index < -0.39 is 6.10 Å². The summed E-state index contributed by atoms with van der Waals surface area (Å²) in [7, 11) is 1.58. The molecule has 0 radical (unpaired) electrons. The number of hydrogen-bond acceptors (Lipinski definition) is 5. The second kappa shape index (κ2) is 30.5. The molecule has 292 valence electrons. The molecule has 0 aliphatic carbocycles. The Balaban J connectivity index is 4.14. The van der Waals surface area contributed by atoms with E-state index >= 15 is 0 Å². The van der Waals surface area contributed by atoms with E-state index in [0.29, 0.717) is 12.8 Å². The van der Waals surface area contributed by atoms with Crippen LogP contribution < -0.4 is 0 Å². The Morgan fingerprint density at radius 1 is 0.408 bits per heavy atom. The highest BCUT2D eigenvalue weighted by atomic mass is 16.6. The van der Waals surface area contributed by atoms with E-state index in [4.69, 9.17) is 14.2 Å². The van der Waals surface area contributed by atoms with Crippen molar-refractivity contribution in [2.75, 3.05) is 20.3 Å². The summed E-state index contributed by atoms with van der Waals surface area (Å²) in [5.41, 5.74) is 0. The third-order valence-electron chi connectivity index (χ3n) is 10.6. The van der Waals surface area contributed by atoms with Crippen LogP contribution in [-0.4, -0.2) is 38.4 Å². The largest absolute Gasteiger partial charge is 0.462 e. The third kappa shape index (κ3) is 31.4. The Morgan fingerprint density at radius 2 is 0.714 bits per heavy atom. The van der Waals surface area contributed by atoms with E-state index in [0.717, 1.165) is 61.2 Å². The zero-order chi connectivity index (χ0) is 37.0. The predicted octanol–water partition coefficient (Wildman–Crippen LogP) is 13.0. The SMILES string of the molecule is COCC(COC(=O)CC(C)CCCC(C)CCCC(C)CCCC(C)C)OC(=O)CC(C)CCCC(C)CCCC(C)CCCC(C)C. The number of carbonyl (C=O) groups excluding carboxylic acids is 2. The van der Waals surface area contributed by atoms with Crippen LogP contribution in [0.2, 0.25) is 0 Å². The van der Waals surface area contributed by atoms with Crippen LogP contribution in [0.4, 0.5) is 0 Å². The maximum absolute atomic E-state index is 12.7. The van der Waals surface area contributed by atoms with Crippen molar-refractivity contribution in [1.82, 2.24) is 0 Å². The smallest absolute Gasteiger partial charge is 0.306 e. The number of methoxy groups -OCH3 is 1. The van der Waals surface area contributed by atoms with Crippen molar-refractivity contribution in [1.29, 1.82) is 0 Å². The lowest BCUT2D eigenvalue weighted by Gasteiger charge is -2.20. The van der Waals surface area contributed by atoms with E-state index in [9.17, 15) is 9.59 Å². The van der Waals surface area contributed by atoms with Gasteiger partial charge in [0.05, 0.1) is 6.61 Å².